The van der Waals surface area contributed by atoms with Gasteiger partial charge in [-0.25, -0.2) is 0 Å². The number of alkyl halides is 3. The molecule has 1 aromatic carbocycles. The molecule has 1 aromatic heterocycles. The van der Waals surface area contributed by atoms with Gasteiger partial charge in [-0.2, -0.15) is 18.4 Å². The van der Waals surface area contributed by atoms with E-state index >= 15 is 0 Å². The molecule has 1 saturated carbocycles. The second-order valence-corrected chi connectivity index (χ2v) is 9.30. The van der Waals surface area contributed by atoms with Gasteiger partial charge in [-0.15, -0.1) is 10.2 Å². The van der Waals surface area contributed by atoms with Crippen molar-refractivity contribution in [3.63, 3.8) is 0 Å². The van der Waals surface area contributed by atoms with E-state index in [0.29, 0.717) is 11.3 Å². The van der Waals surface area contributed by atoms with Crippen molar-refractivity contribution in [3.05, 3.63) is 46.5 Å². The van der Waals surface area contributed by atoms with Crippen LogP contribution in [0.5, 0.6) is 0 Å². The lowest BCUT2D eigenvalue weighted by atomic mass is 10.1. The van der Waals surface area contributed by atoms with Gasteiger partial charge < -0.3 is 4.90 Å². The summed E-state index contributed by atoms with van der Waals surface area (Å²) in [6.07, 6.45) is -2.59. The zero-order valence-electron chi connectivity index (χ0n) is 15.6. The molecule has 4 rings (SSSR count). The smallest absolute Gasteiger partial charge is 0.361 e. The van der Waals surface area contributed by atoms with Crippen molar-refractivity contribution in [1.82, 2.24) is 10.2 Å². The maximum Gasteiger partial charge on any atom is 0.416 e. The van der Waals surface area contributed by atoms with E-state index in [-0.39, 0.29) is 11.1 Å². The van der Waals surface area contributed by atoms with Crippen molar-refractivity contribution in [1.29, 1.82) is 5.26 Å². The van der Waals surface area contributed by atoms with Crippen molar-refractivity contribution in [2.75, 3.05) is 19.0 Å². The Labute approximate surface area is 174 Å². The van der Waals surface area contributed by atoms with Gasteiger partial charge in [0.1, 0.15) is 9.40 Å². The number of anilines is 1. The van der Waals surface area contributed by atoms with E-state index in [0.717, 1.165) is 45.8 Å². The summed E-state index contributed by atoms with van der Waals surface area (Å²) in [6.45, 7) is 0. The number of hydrogen-bond acceptors (Lipinski definition) is 7. The highest BCUT2D eigenvalue weighted by molar-refractivity contribution is 8.38. The molecule has 0 saturated heterocycles. The average Bonchev–Trinajstić information content (AvgIpc) is 3.45. The number of nitriles is 1. The van der Waals surface area contributed by atoms with Crippen LogP contribution in [-0.2, 0) is 17.5 Å². The highest BCUT2D eigenvalue weighted by atomic mass is 32.2. The van der Waals surface area contributed by atoms with E-state index in [9.17, 15) is 18.4 Å². The third-order valence-corrected chi connectivity index (χ3v) is 6.99. The van der Waals surface area contributed by atoms with Gasteiger partial charge in [0.15, 0.2) is 5.82 Å². The molecule has 5 nitrogen and oxygen atoms in total. The summed E-state index contributed by atoms with van der Waals surface area (Å²) in [4.78, 5) is 6.79. The second-order valence-electron chi connectivity index (χ2n) is 7.10. The molecule has 2 aromatic rings. The first-order valence-electron chi connectivity index (χ1n) is 8.78. The van der Waals surface area contributed by atoms with E-state index < -0.39 is 11.7 Å². The fourth-order valence-corrected chi connectivity index (χ4v) is 5.27. The normalized spacial score (nSPS) is 16.8. The van der Waals surface area contributed by atoms with Gasteiger partial charge in [0, 0.05) is 25.4 Å². The third-order valence-electron chi connectivity index (χ3n) is 4.83. The average molecular weight is 436 g/mol. The third kappa shape index (κ3) is 3.94. The van der Waals surface area contributed by atoms with Crippen molar-refractivity contribution in [2.45, 2.75) is 35.3 Å². The van der Waals surface area contributed by atoms with Gasteiger partial charge in [0.05, 0.1) is 22.7 Å². The molecule has 0 bridgehead atoms. The van der Waals surface area contributed by atoms with Crippen LogP contribution in [0, 0.1) is 11.3 Å². The maximum atomic E-state index is 12.9. The number of aliphatic imine (C=N–C) groups is 1. The maximum absolute atomic E-state index is 12.9. The topological polar surface area (TPSA) is 65.2 Å². The van der Waals surface area contributed by atoms with E-state index in [1.807, 2.05) is 31.1 Å². The molecule has 2 aliphatic rings. The molecule has 0 N–H and O–H groups in total. The van der Waals surface area contributed by atoms with Crippen LogP contribution in [0.4, 0.5) is 19.0 Å². The zero-order chi connectivity index (χ0) is 20.8. The van der Waals surface area contributed by atoms with Crippen molar-refractivity contribution >= 4 is 33.7 Å². The molecule has 0 unspecified atom stereocenters. The Bertz CT molecular complexity index is 1040. The number of fused-ring (bicyclic) bond motifs is 2. The number of benzene rings is 1. The van der Waals surface area contributed by atoms with Crippen LogP contribution >= 0.6 is 23.5 Å². The fourth-order valence-electron chi connectivity index (χ4n) is 3.02. The lowest BCUT2D eigenvalue weighted by molar-refractivity contribution is -0.137. The Kier molecular flexibility index (Phi) is 4.99. The summed E-state index contributed by atoms with van der Waals surface area (Å²) in [5.41, 5.74) is 0.592. The number of halogens is 3. The minimum atomic E-state index is -4.47. The molecule has 10 heteroatoms. The lowest BCUT2D eigenvalue weighted by Gasteiger charge is -2.23. The van der Waals surface area contributed by atoms with E-state index in [2.05, 4.69) is 10.2 Å². The van der Waals surface area contributed by atoms with Crippen LogP contribution in [0.2, 0.25) is 0 Å². The Morgan fingerprint density at radius 1 is 1.24 bits per heavy atom. The molecular weight excluding hydrogens is 419 g/mol. The van der Waals surface area contributed by atoms with Crippen LogP contribution < -0.4 is 4.90 Å². The molecule has 0 amide bonds. The summed E-state index contributed by atoms with van der Waals surface area (Å²) in [5, 5.41) is 18.7. The Morgan fingerprint density at radius 3 is 2.62 bits per heavy atom. The number of nitrogens with zero attached hydrogens (tertiary/aromatic N) is 5. The molecule has 1 aliphatic heterocycles. The Hall–Kier alpha value is -2.25. The molecule has 1 aliphatic carbocycles. The van der Waals surface area contributed by atoms with Crippen LogP contribution in [0.25, 0.3) is 0 Å². The van der Waals surface area contributed by atoms with Gasteiger partial charge in [-0.05, 0) is 48.4 Å². The predicted octanol–water partition coefficient (Wildman–Crippen LogP) is 4.82. The van der Waals surface area contributed by atoms with E-state index in [1.54, 1.807) is 0 Å². The van der Waals surface area contributed by atoms with Gasteiger partial charge >= 0.3 is 6.18 Å². The summed E-state index contributed by atoms with van der Waals surface area (Å²) >= 11 is 2.83. The number of thioether (sulfide) groups is 2. The largest absolute Gasteiger partial charge is 0.416 e. The fraction of sp³-hybridized carbons (Fsp3) is 0.368. The molecular formula is C19H16F3N5S2. The van der Waals surface area contributed by atoms with Crippen molar-refractivity contribution < 1.29 is 13.2 Å². The summed E-state index contributed by atoms with van der Waals surface area (Å²) in [7, 11) is 3.82. The highest BCUT2D eigenvalue weighted by Crippen LogP contribution is 2.56. The predicted molar refractivity (Wildman–Crippen MR) is 108 cm³/mol. The van der Waals surface area contributed by atoms with Crippen molar-refractivity contribution in [2.24, 2.45) is 4.99 Å². The quantitative estimate of drug-likeness (QED) is 0.689. The number of rotatable bonds is 3. The first-order chi connectivity index (χ1) is 13.7. The van der Waals surface area contributed by atoms with Crippen LogP contribution in [0.15, 0.2) is 34.3 Å². The molecule has 1 spiro atoms. The monoisotopic (exact) mass is 435 g/mol. The summed E-state index contributed by atoms with van der Waals surface area (Å²) < 4.78 is 39.4. The second kappa shape index (κ2) is 7.22. The van der Waals surface area contributed by atoms with Gasteiger partial charge in [-0.1, -0.05) is 17.8 Å². The molecule has 1 fully saturated rings. The Morgan fingerprint density at radius 2 is 2.00 bits per heavy atom. The first kappa shape index (κ1) is 20.0. The van der Waals surface area contributed by atoms with E-state index in [4.69, 9.17) is 4.99 Å². The SMILES string of the molecule is CN(C)c1cc2c(nn1)SC(SCc1ccc(C(F)(F)F)cc1C#N)=NC21CC1. The van der Waals surface area contributed by atoms with E-state index in [1.165, 1.54) is 29.6 Å². The zero-order valence-corrected chi connectivity index (χ0v) is 17.3. The summed E-state index contributed by atoms with van der Waals surface area (Å²) in [5.74, 6) is 1.15. The minimum Gasteiger partial charge on any atom is -0.361 e. The first-order valence-corrected chi connectivity index (χ1v) is 10.6. The highest BCUT2D eigenvalue weighted by Gasteiger charge is 2.49. The standard InChI is InChI=1S/C19H16F3N5S2/c1-27(2)15-8-14-16(26-25-15)29-17(24-18(14)5-6-18)28-10-11-3-4-13(19(20,21)22)7-12(11)9-23/h3-4,7-8H,5-6,10H2,1-2H3. The molecule has 150 valence electrons. The molecule has 0 atom stereocenters. The van der Waals surface area contributed by atoms with Crippen LogP contribution in [-0.4, -0.2) is 28.7 Å². The lowest BCUT2D eigenvalue weighted by Crippen LogP contribution is -2.18. The molecule has 2 heterocycles. The summed E-state index contributed by atoms with van der Waals surface area (Å²) in [6, 6.07) is 7.17. The molecule has 29 heavy (non-hydrogen) atoms. The van der Waals surface area contributed by atoms with Gasteiger partial charge in [-0.3, -0.25) is 4.99 Å². The molecule has 0 radical (unpaired) electrons. The van der Waals surface area contributed by atoms with Crippen LogP contribution in [0.3, 0.4) is 0 Å². The number of aromatic nitrogens is 2. The van der Waals surface area contributed by atoms with Crippen LogP contribution in [0.1, 0.15) is 35.1 Å². The van der Waals surface area contributed by atoms with Crippen molar-refractivity contribution in [3.8, 4) is 6.07 Å². The number of hydrogen-bond donors (Lipinski definition) is 0. The minimum absolute atomic E-state index is 0.0330. The Balaban J connectivity index is 1.54. The van der Waals surface area contributed by atoms with Gasteiger partial charge in [0.25, 0.3) is 0 Å². The van der Waals surface area contributed by atoms with Gasteiger partial charge in [0.2, 0.25) is 0 Å².